The molecule has 1 heterocycles. The van der Waals surface area contributed by atoms with Crippen molar-refractivity contribution in [1.82, 2.24) is 10.2 Å². The molecule has 0 aliphatic carbocycles. The minimum absolute atomic E-state index is 0.0348. The zero-order valence-corrected chi connectivity index (χ0v) is 11.3. The molecule has 2 rings (SSSR count). The molecule has 0 bridgehead atoms. The van der Waals surface area contributed by atoms with E-state index in [2.05, 4.69) is 15.4 Å². The van der Waals surface area contributed by atoms with E-state index in [9.17, 15) is 4.79 Å². The van der Waals surface area contributed by atoms with Crippen LogP contribution in [0.25, 0.3) is 0 Å². The first-order valence-electron chi connectivity index (χ1n) is 6.67. The molecule has 0 aromatic heterocycles. The molecule has 2 N–H and O–H groups in total. The minimum Gasteiger partial charge on any atom is -0.410 e. The molecule has 0 radical (unpaired) electrons. The predicted molar refractivity (Wildman–Crippen MR) is 75.0 cm³/mol. The highest BCUT2D eigenvalue weighted by Gasteiger charge is 2.15. The number of benzene rings is 1. The summed E-state index contributed by atoms with van der Waals surface area (Å²) >= 11 is 0. The van der Waals surface area contributed by atoms with Gasteiger partial charge in [-0.25, -0.2) is 0 Å². The molecule has 108 valence electrons. The van der Waals surface area contributed by atoms with Crippen LogP contribution >= 0.6 is 0 Å². The zero-order valence-electron chi connectivity index (χ0n) is 11.3. The third kappa shape index (κ3) is 4.04. The maximum Gasteiger partial charge on any atom is 0.273 e. The van der Waals surface area contributed by atoms with Gasteiger partial charge in [-0.05, 0) is 0 Å². The third-order valence-corrected chi connectivity index (χ3v) is 3.18. The van der Waals surface area contributed by atoms with Crippen LogP contribution in [0, 0.1) is 0 Å². The average Bonchev–Trinajstić information content (AvgIpc) is 2.50. The molecule has 1 aliphatic heterocycles. The highest BCUT2D eigenvalue weighted by molar-refractivity contribution is 6.45. The molecule has 1 aromatic carbocycles. The number of hydrogen-bond donors (Lipinski definition) is 2. The second-order valence-corrected chi connectivity index (χ2v) is 4.52. The van der Waals surface area contributed by atoms with Crippen LogP contribution in [-0.2, 0) is 9.53 Å². The topological polar surface area (TPSA) is 74.2 Å². The average molecular weight is 277 g/mol. The molecule has 1 fully saturated rings. The molecule has 6 nitrogen and oxygen atoms in total. The van der Waals surface area contributed by atoms with E-state index in [-0.39, 0.29) is 11.6 Å². The van der Waals surface area contributed by atoms with E-state index in [1.807, 2.05) is 6.07 Å². The summed E-state index contributed by atoms with van der Waals surface area (Å²) in [5, 5.41) is 14.9. The first-order valence-corrected chi connectivity index (χ1v) is 6.67. The number of nitrogens with one attached hydrogen (secondary N) is 1. The number of ether oxygens (including phenoxy) is 1. The van der Waals surface area contributed by atoms with Crippen molar-refractivity contribution in [2.45, 2.75) is 0 Å². The summed E-state index contributed by atoms with van der Waals surface area (Å²) in [6, 6.07) is 8.89. The van der Waals surface area contributed by atoms with E-state index in [4.69, 9.17) is 9.94 Å². The summed E-state index contributed by atoms with van der Waals surface area (Å²) in [4.78, 5) is 14.2. The SMILES string of the molecule is O=C(NCCN1CCOCC1)/C(=N/O)c1ccccc1. The Kier molecular flexibility index (Phi) is 5.52. The summed E-state index contributed by atoms with van der Waals surface area (Å²) in [5.41, 5.74) is 0.631. The van der Waals surface area contributed by atoms with Crippen LogP contribution in [-0.4, -0.2) is 61.1 Å². The molecule has 6 heteroatoms. The molecule has 0 unspecified atom stereocenters. The van der Waals surface area contributed by atoms with Crippen molar-refractivity contribution in [3.8, 4) is 0 Å². The second kappa shape index (κ2) is 7.62. The molecule has 0 spiro atoms. The van der Waals surface area contributed by atoms with Crippen molar-refractivity contribution in [1.29, 1.82) is 0 Å². The lowest BCUT2D eigenvalue weighted by atomic mass is 10.1. The molecule has 0 saturated carbocycles. The van der Waals surface area contributed by atoms with Crippen molar-refractivity contribution in [3.05, 3.63) is 35.9 Å². The molecule has 1 aromatic rings. The molecule has 0 atom stereocenters. The fraction of sp³-hybridized carbons (Fsp3) is 0.429. The Labute approximate surface area is 118 Å². The van der Waals surface area contributed by atoms with Crippen LogP contribution in [0.5, 0.6) is 0 Å². The van der Waals surface area contributed by atoms with Gasteiger partial charge in [0.25, 0.3) is 5.91 Å². The van der Waals surface area contributed by atoms with Crippen LogP contribution in [0.4, 0.5) is 0 Å². The molecular weight excluding hydrogens is 258 g/mol. The standard InChI is InChI=1S/C14H19N3O3/c18-14(13(16-19)12-4-2-1-3-5-12)15-6-7-17-8-10-20-11-9-17/h1-5,19H,6-11H2,(H,15,18)/b16-13+. The number of rotatable bonds is 5. The zero-order chi connectivity index (χ0) is 14.2. The second-order valence-electron chi connectivity index (χ2n) is 4.52. The van der Waals surface area contributed by atoms with Crippen molar-refractivity contribution >= 4 is 11.6 Å². The van der Waals surface area contributed by atoms with Gasteiger partial charge in [-0.3, -0.25) is 9.69 Å². The fourth-order valence-electron chi connectivity index (χ4n) is 2.07. The maximum atomic E-state index is 12.0. The van der Waals surface area contributed by atoms with Crippen LogP contribution in [0.1, 0.15) is 5.56 Å². The number of amides is 1. The van der Waals surface area contributed by atoms with E-state index < -0.39 is 0 Å². The van der Waals surface area contributed by atoms with Crippen LogP contribution in [0.2, 0.25) is 0 Å². The van der Waals surface area contributed by atoms with E-state index in [0.29, 0.717) is 12.1 Å². The van der Waals surface area contributed by atoms with Gasteiger partial charge in [0, 0.05) is 31.7 Å². The van der Waals surface area contributed by atoms with Crippen LogP contribution in [0.3, 0.4) is 0 Å². The normalized spacial score (nSPS) is 16.9. The monoisotopic (exact) mass is 277 g/mol. The lowest BCUT2D eigenvalue weighted by Crippen LogP contribution is -2.42. The molecule has 1 aliphatic rings. The molecule has 20 heavy (non-hydrogen) atoms. The first kappa shape index (κ1) is 14.5. The highest BCUT2D eigenvalue weighted by atomic mass is 16.5. The maximum absolute atomic E-state index is 12.0. The Bertz CT molecular complexity index is 456. The predicted octanol–water partition coefficient (Wildman–Crippen LogP) is 0.313. The van der Waals surface area contributed by atoms with Gasteiger partial charge in [-0.1, -0.05) is 35.5 Å². The smallest absolute Gasteiger partial charge is 0.273 e. The van der Waals surface area contributed by atoms with Crippen molar-refractivity contribution in [3.63, 3.8) is 0 Å². The Balaban J connectivity index is 1.81. The van der Waals surface area contributed by atoms with Crippen molar-refractivity contribution < 1.29 is 14.7 Å². The molecule has 1 saturated heterocycles. The first-order chi connectivity index (χ1) is 9.81. The quantitative estimate of drug-likeness (QED) is 0.461. The van der Waals surface area contributed by atoms with E-state index in [1.54, 1.807) is 24.3 Å². The fourth-order valence-corrected chi connectivity index (χ4v) is 2.07. The summed E-state index contributed by atoms with van der Waals surface area (Å²) in [6.07, 6.45) is 0. The Morgan fingerprint density at radius 1 is 1.30 bits per heavy atom. The molecule has 1 amide bonds. The summed E-state index contributed by atoms with van der Waals surface area (Å²) in [5.74, 6) is -0.369. The number of oxime groups is 1. The van der Waals surface area contributed by atoms with Gasteiger partial charge < -0.3 is 15.3 Å². The lowest BCUT2D eigenvalue weighted by Gasteiger charge is -2.26. The van der Waals surface area contributed by atoms with Crippen LogP contribution in [0.15, 0.2) is 35.5 Å². The number of carbonyl (C=O) groups excluding carboxylic acids is 1. The summed E-state index contributed by atoms with van der Waals surface area (Å²) in [7, 11) is 0. The largest absolute Gasteiger partial charge is 0.410 e. The van der Waals surface area contributed by atoms with Crippen LogP contribution < -0.4 is 5.32 Å². The van der Waals surface area contributed by atoms with Gasteiger partial charge >= 0.3 is 0 Å². The number of nitrogens with zero attached hydrogens (tertiary/aromatic N) is 2. The van der Waals surface area contributed by atoms with Gasteiger partial charge in [-0.2, -0.15) is 0 Å². The van der Waals surface area contributed by atoms with E-state index >= 15 is 0 Å². The van der Waals surface area contributed by atoms with E-state index in [0.717, 1.165) is 32.8 Å². The summed E-state index contributed by atoms with van der Waals surface area (Å²) in [6.45, 7) is 4.53. The lowest BCUT2D eigenvalue weighted by molar-refractivity contribution is -0.114. The van der Waals surface area contributed by atoms with Gasteiger partial charge in [0.1, 0.15) is 0 Å². The number of morpholine rings is 1. The minimum atomic E-state index is -0.369. The highest BCUT2D eigenvalue weighted by Crippen LogP contribution is 2.01. The molecular formula is C14H19N3O3. The number of hydrogen-bond acceptors (Lipinski definition) is 5. The Hall–Kier alpha value is -1.92. The van der Waals surface area contributed by atoms with Gasteiger partial charge in [0.2, 0.25) is 0 Å². The Morgan fingerprint density at radius 2 is 2.00 bits per heavy atom. The van der Waals surface area contributed by atoms with E-state index in [1.165, 1.54) is 0 Å². The van der Waals surface area contributed by atoms with Gasteiger partial charge in [0.05, 0.1) is 13.2 Å². The van der Waals surface area contributed by atoms with Gasteiger partial charge in [-0.15, -0.1) is 0 Å². The Morgan fingerprint density at radius 3 is 2.65 bits per heavy atom. The van der Waals surface area contributed by atoms with Crippen molar-refractivity contribution in [2.24, 2.45) is 5.16 Å². The van der Waals surface area contributed by atoms with Crippen molar-refractivity contribution in [2.75, 3.05) is 39.4 Å². The summed E-state index contributed by atoms with van der Waals surface area (Å²) < 4.78 is 5.26. The number of carbonyl (C=O) groups is 1. The van der Waals surface area contributed by atoms with Gasteiger partial charge in [0.15, 0.2) is 5.71 Å². The third-order valence-electron chi connectivity index (χ3n) is 3.18.